The van der Waals surface area contributed by atoms with Gasteiger partial charge in [-0.2, -0.15) is 13.8 Å². The first-order chi connectivity index (χ1) is 15.5. The highest BCUT2D eigenvalue weighted by molar-refractivity contribution is 7.90. The monoisotopic (exact) mass is 458 g/mol. The molecule has 9 heteroatoms. The largest absolute Gasteiger partial charge is 0.494 e. The standard InChI is InChI=1S/C23H31N5O3S/c1-27-21-11-3-4-12-22(21)32(29,30)26-23(27)25-24-13-8-16-31-20-10-7-9-19(17-20)18-28-14-5-2-6-15-28/h3-4,7,9-12,17,24H,2,5-6,8,13-16,18H2,1H3,(H,25,26)/p+1. The molecule has 0 amide bonds. The van der Waals surface area contributed by atoms with Gasteiger partial charge in [-0.05, 0) is 62.2 Å². The molecule has 0 bridgehead atoms. The zero-order valence-electron chi connectivity index (χ0n) is 18.5. The summed E-state index contributed by atoms with van der Waals surface area (Å²) in [4.78, 5) is 4.51. The van der Waals surface area contributed by atoms with Crippen molar-refractivity contribution >= 4 is 21.7 Å². The van der Waals surface area contributed by atoms with Crippen molar-refractivity contribution in [3.63, 3.8) is 0 Å². The van der Waals surface area contributed by atoms with Crippen LogP contribution in [0.1, 0.15) is 31.2 Å². The molecule has 2 heterocycles. The number of anilines is 1. The summed E-state index contributed by atoms with van der Waals surface area (Å²) >= 11 is 0. The predicted molar refractivity (Wildman–Crippen MR) is 125 cm³/mol. The Morgan fingerprint density at radius 3 is 2.75 bits per heavy atom. The van der Waals surface area contributed by atoms with Crippen LogP contribution < -0.4 is 20.5 Å². The van der Waals surface area contributed by atoms with Crippen molar-refractivity contribution < 1.29 is 18.6 Å². The van der Waals surface area contributed by atoms with Gasteiger partial charge < -0.3 is 4.74 Å². The van der Waals surface area contributed by atoms with Crippen molar-refractivity contribution in [2.24, 2.45) is 4.40 Å². The van der Waals surface area contributed by atoms with E-state index in [1.54, 1.807) is 28.5 Å². The Hall–Kier alpha value is -2.46. The van der Waals surface area contributed by atoms with E-state index in [1.165, 1.54) is 37.9 Å². The third-order valence-electron chi connectivity index (χ3n) is 5.78. The topological polar surface area (TPSA) is 90.8 Å². The van der Waals surface area contributed by atoms with Crippen molar-refractivity contribution in [3.8, 4) is 5.75 Å². The molecule has 3 N–H and O–H groups in total. The molecule has 0 saturated carbocycles. The van der Waals surface area contributed by atoms with Gasteiger partial charge in [0.2, 0.25) is 0 Å². The Morgan fingerprint density at radius 1 is 1.09 bits per heavy atom. The fourth-order valence-corrected chi connectivity index (χ4v) is 5.31. The van der Waals surface area contributed by atoms with Gasteiger partial charge in [0, 0.05) is 20.1 Å². The van der Waals surface area contributed by atoms with Crippen LogP contribution in [0.2, 0.25) is 0 Å². The van der Waals surface area contributed by atoms with Gasteiger partial charge >= 0.3 is 5.96 Å². The number of nitrogens with two attached hydrogens (primary N) is 1. The van der Waals surface area contributed by atoms with Crippen LogP contribution >= 0.6 is 0 Å². The number of hydrogen-bond donors (Lipinski definition) is 2. The highest BCUT2D eigenvalue weighted by Crippen LogP contribution is 2.28. The van der Waals surface area contributed by atoms with E-state index >= 15 is 0 Å². The lowest BCUT2D eigenvalue weighted by atomic mass is 10.1. The van der Waals surface area contributed by atoms with E-state index in [4.69, 9.17) is 4.74 Å². The maximum Gasteiger partial charge on any atom is 0.336 e. The summed E-state index contributed by atoms with van der Waals surface area (Å²) in [7, 11) is -1.87. The van der Waals surface area contributed by atoms with Gasteiger partial charge in [0.25, 0.3) is 10.0 Å². The van der Waals surface area contributed by atoms with E-state index in [0.29, 0.717) is 24.8 Å². The van der Waals surface area contributed by atoms with Crippen LogP contribution in [0.4, 0.5) is 5.69 Å². The number of hydrogen-bond acceptors (Lipinski definition) is 6. The lowest BCUT2D eigenvalue weighted by Crippen LogP contribution is -2.99. The number of sulfonamides is 1. The Bertz CT molecular complexity index is 1050. The minimum atomic E-state index is -3.68. The third kappa shape index (κ3) is 5.66. The minimum absolute atomic E-state index is 0.232. The van der Waals surface area contributed by atoms with E-state index in [-0.39, 0.29) is 4.90 Å². The number of benzene rings is 2. The van der Waals surface area contributed by atoms with E-state index in [1.807, 2.05) is 19.2 Å². The molecule has 2 aromatic carbocycles. The van der Waals surface area contributed by atoms with Crippen molar-refractivity contribution in [2.45, 2.75) is 37.1 Å². The number of quaternary nitrogens is 1. The van der Waals surface area contributed by atoms with Crippen LogP contribution in [0.15, 0.2) is 57.8 Å². The molecule has 4 rings (SSSR count). The third-order valence-corrected chi connectivity index (χ3v) is 7.11. The number of piperidine rings is 1. The highest BCUT2D eigenvalue weighted by Gasteiger charge is 2.30. The summed E-state index contributed by atoms with van der Waals surface area (Å²) in [6, 6.07) is 15.2. The van der Waals surface area contributed by atoms with E-state index < -0.39 is 10.0 Å². The van der Waals surface area contributed by atoms with Crippen LogP contribution in [0.3, 0.4) is 0 Å². The first-order valence-electron chi connectivity index (χ1n) is 11.2. The van der Waals surface area contributed by atoms with Gasteiger partial charge in [-0.3, -0.25) is 9.80 Å². The lowest BCUT2D eigenvalue weighted by molar-refractivity contribution is -0.605. The fraction of sp³-hybridized carbons (Fsp3) is 0.435. The van der Waals surface area contributed by atoms with Crippen LogP contribution in [0.5, 0.6) is 5.75 Å². The van der Waals surface area contributed by atoms with Crippen molar-refractivity contribution in [1.29, 1.82) is 0 Å². The lowest BCUT2D eigenvalue weighted by Gasteiger charge is -2.26. The molecular formula is C23H32N5O3S+. The van der Waals surface area contributed by atoms with E-state index in [9.17, 15) is 8.42 Å². The smallest absolute Gasteiger partial charge is 0.336 e. The van der Waals surface area contributed by atoms with Gasteiger partial charge in [0.15, 0.2) is 0 Å². The first kappa shape index (κ1) is 22.7. The summed E-state index contributed by atoms with van der Waals surface area (Å²) in [6.07, 6.45) is 4.72. The SMILES string of the molecule is CN1C([NH2+]NCCCOc2cccc(CN3CCCCC3)c2)=NS(=O)(=O)c2ccccc21. The number of nitrogens with one attached hydrogen (secondary N) is 1. The fourth-order valence-electron chi connectivity index (χ4n) is 4.07. The van der Waals surface area contributed by atoms with Crippen LogP contribution in [0, 0.1) is 0 Å². The molecule has 0 atom stereocenters. The Kier molecular flexibility index (Phi) is 7.41. The minimum Gasteiger partial charge on any atom is -0.494 e. The number of likely N-dealkylation sites (tertiary alicyclic amines) is 1. The number of para-hydroxylation sites is 1. The van der Waals surface area contributed by atoms with E-state index in [0.717, 1.165) is 18.7 Å². The molecule has 1 fully saturated rings. The van der Waals surface area contributed by atoms with Gasteiger partial charge in [0.1, 0.15) is 10.6 Å². The number of ether oxygens (including phenoxy) is 1. The average molecular weight is 459 g/mol. The summed E-state index contributed by atoms with van der Waals surface area (Å²) in [5.74, 6) is 1.26. The van der Waals surface area contributed by atoms with Crippen molar-refractivity contribution in [2.75, 3.05) is 38.2 Å². The average Bonchev–Trinajstić information content (AvgIpc) is 2.80. The maximum atomic E-state index is 12.4. The Labute approximate surface area is 190 Å². The second-order valence-corrected chi connectivity index (χ2v) is 9.81. The number of guanidine groups is 1. The summed E-state index contributed by atoms with van der Waals surface area (Å²) < 4.78 is 34.6. The van der Waals surface area contributed by atoms with Crippen molar-refractivity contribution in [3.05, 3.63) is 54.1 Å². The van der Waals surface area contributed by atoms with Gasteiger partial charge in [-0.1, -0.05) is 35.1 Å². The Morgan fingerprint density at radius 2 is 1.91 bits per heavy atom. The number of nitrogens with zero attached hydrogens (tertiary/aromatic N) is 3. The van der Waals surface area contributed by atoms with Gasteiger partial charge in [-0.15, -0.1) is 0 Å². The summed E-state index contributed by atoms with van der Waals surface area (Å²) in [6.45, 7) is 4.58. The zero-order valence-corrected chi connectivity index (χ0v) is 19.4. The highest BCUT2D eigenvalue weighted by atomic mass is 32.2. The van der Waals surface area contributed by atoms with Crippen LogP contribution in [0.25, 0.3) is 0 Å². The molecule has 0 aliphatic carbocycles. The molecule has 2 aliphatic rings. The van der Waals surface area contributed by atoms with Crippen molar-refractivity contribution in [1.82, 2.24) is 10.3 Å². The molecule has 0 radical (unpaired) electrons. The second-order valence-electron chi connectivity index (χ2n) is 8.24. The van der Waals surface area contributed by atoms with Gasteiger partial charge in [0.05, 0.1) is 12.3 Å². The molecule has 32 heavy (non-hydrogen) atoms. The summed E-state index contributed by atoms with van der Waals surface area (Å²) in [5, 5.41) is 0. The first-order valence-corrected chi connectivity index (χ1v) is 12.7. The number of fused-ring (bicyclic) bond motifs is 1. The number of rotatable bonds is 8. The molecule has 2 aliphatic heterocycles. The van der Waals surface area contributed by atoms with Crippen LogP contribution in [-0.4, -0.2) is 52.6 Å². The molecule has 1 saturated heterocycles. The second kappa shape index (κ2) is 10.4. The molecule has 172 valence electrons. The molecule has 0 spiro atoms. The zero-order chi connectivity index (χ0) is 22.4. The normalized spacial score (nSPS) is 18.2. The molecule has 2 aromatic rings. The molecule has 8 nitrogen and oxygen atoms in total. The maximum absolute atomic E-state index is 12.4. The quantitative estimate of drug-likeness (QED) is 0.356. The van der Waals surface area contributed by atoms with Crippen LogP contribution in [-0.2, 0) is 16.6 Å². The van der Waals surface area contributed by atoms with Gasteiger partial charge in [-0.25, -0.2) is 5.43 Å². The molecule has 0 aromatic heterocycles. The predicted octanol–water partition coefficient (Wildman–Crippen LogP) is 1.70. The molecular weight excluding hydrogens is 426 g/mol. The summed E-state index contributed by atoms with van der Waals surface area (Å²) in [5.41, 5.74) is 6.72. The Balaban J connectivity index is 1.20. The molecule has 0 unspecified atom stereocenters. The van der Waals surface area contributed by atoms with E-state index in [2.05, 4.69) is 32.9 Å².